The van der Waals surface area contributed by atoms with Gasteiger partial charge in [0.25, 0.3) is 5.91 Å². The van der Waals surface area contributed by atoms with Crippen molar-refractivity contribution in [3.05, 3.63) is 36.3 Å². The van der Waals surface area contributed by atoms with Crippen molar-refractivity contribution >= 4 is 11.6 Å². The standard InChI is InChI=1S/C14H19N3O2/c1-10(2)7-12(9-18)16-14(19)11-3-5-17-6-4-15-13(17)8-11/h3-6,8,10,12,18H,7,9H2,1-2H3,(H,16,19). The van der Waals surface area contributed by atoms with Crippen LogP contribution in [0.15, 0.2) is 30.7 Å². The predicted octanol–water partition coefficient (Wildman–Crippen LogP) is 1.47. The number of carbonyl (C=O) groups excluding carboxylic acids is 1. The molecule has 0 saturated carbocycles. The molecule has 0 fully saturated rings. The number of nitrogens with one attached hydrogen (secondary N) is 1. The van der Waals surface area contributed by atoms with E-state index in [0.29, 0.717) is 11.5 Å². The number of imidazole rings is 1. The maximum atomic E-state index is 12.1. The molecule has 102 valence electrons. The van der Waals surface area contributed by atoms with E-state index < -0.39 is 0 Å². The average molecular weight is 261 g/mol. The lowest BCUT2D eigenvalue weighted by Gasteiger charge is -2.18. The first-order valence-electron chi connectivity index (χ1n) is 6.44. The summed E-state index contributed by atoms with van der Waals surface area (Å²) in [6, 6.07) is 3.27. The van der Waals surface area contributed by atoms with Crippen LogP contribution < -0.4 is 5.32 Å². The molecule has 2 rings (SSSR count). The molecule has 0 bridgehead atoms. The van der Waals surface area contributed by atoms with E-state index in [-0.39, 0.29) is 18.6 Å². The van der Waals surface area contributed by atoms with Crippen LogP contribution in [-0.4, -0.2) is 33.0 Å². The van der Waals surface area contributed by atoms with E-state index in [1.54, 1.807) is 24.5 Å². The van der Waals surface area contributed by atoms with Crippen LogP contribution in [-0.2, 0) is 0 Å². The van der Waals surface area contributed by atoms with Crippen molar-refractivity contribution in [1.82, 2.24) is 14.7 Å². The number of aliphatic hydroxyl groups excluding tert-OH is 1. The molecule has 2 N–H and O–H groups in total. The van der Waals surface area contributed by atoms with E-state index in [4.69, 9.17) is 0 Å². The van der Waals surface area contributed by atoms with Gasteiger partial charge in [0.2, 0.25) is 0 Å². The number of hydrogen-bond donors (Lipinski definition) is 2. The lowest BCUT2D eigenvalue weighted by molar-refractivity contribution is 0.0908. The molecule has 0 radical (unpaired) electrons. The van der Waals surface area contributed by atoms with Crippen molar-refractivity contribution in [1.29, 1.82) is 0 Å². The molecule has 5 heteroatoms. The summed E-state index contributed by atoms with van der Waals surface area (Å²) in [5, 5.41) is 12.1. The van der Waals surface area contributed by atoms with Gasteiger partial charge >= 0.3 is 0 Å². The summed E-state index contributed by atoms with van der Waals surface area (Å²) < 4.78 is 1.84. The molecule has 0 aromatic carbocycles. The topological polar surface area (TPSA) is 66.6 Å². The van der Waals surface area contributed by atoms with E-state index in [2.05, 4.69) is 24.1 Å². The summed E-state index contributed by atoms with van der Waals surface area (Å²) in [6.45, 7) is 4.08. The average Bonchev–Trinajstić information content (AvgIpc) is 2.84. The van der Waals surface area contributed by atoms with Crippen LogP contribution in [0.1, 0.15) is 30.6 Å². The highest BCUT2D eigenvalue weighted by atomic mass is 16.3. The summed E-state index contributed by atoms with van der Waals surface area (Å²) in [6.07, 6.45) is 6.07. The van der Waals surface area contributed by atoms with Crippen molar-refractivity contribution in [3.63, 3.8) is 0 Å². The number of fused-ring (bicyclic) bond motifs is 1. The molecule has 19 heavy (non-hydrogen) atoms. The van der Waals surface area contributed by atoms with E-state index in [1.165, 1.54) is 0 Å². The molecule has 5 nitrogen and oxygen atoms in total. The summed E-state index contributed by atoms with van der Waals surface area (Å²) in [5.41, 5.74) is 1.29. The second-order valence-corrected chi connectivity index (χ2v) is 5.09. The Labute approximate surface area is 112 Å². The molecular formula is C14H19N3O2. The van der Waals surface area contributed by atoms with Crippen LogP contribution in [0, 0.1) is 5.92 Å². The zero-order valence-corrected chi connectivity index (χ0v) is 11.2. The molecule has 2 aromatic rings. The van der Waals surface area contributed by atoms with Gasteiger partial charge in [0.1, 0.15) is 5.65 Å². The monoisotopic (exact) mass is 261 g/mol. The Kier molecular flexibility index (Phi) is 4.16. The number of rotatable bonds is 5. The highest BCUT2D eigenvalue weighted by Crippen LogP contribution is 2.08. The van der Waals surface area contributed by atoms with Crippen molar-refractivity contribution in [2.24, 2.45) is 5.92 Å². The second kappa shape index (κ2) is 5.84. The molecule has 0 saturated heterocycles. The van der Waals surface area contributed by atoms with E-state index in [0.717, 1.165) is 12.1 Å². The van der Waals surface area contributed by atoms with E-state index in [1.807, 2.05) is 10.6 Å². The van der Waals surface area contributed by atoms with Gasteiger partial charge in [0.15, 0.2) is 0 Å². The predicted molar refractivity (Wildman–Crippen MR) is 73.0 cm³/mol. The first kappa shape index (κ1) is 13.5. The minimum absolute atomic E-state index is 0.0461. The van der Waals surface area contributed by atoms with Crippen molar-refractivity contribution in [3.8, 4) is 0 Å². The number of aromatic nitrogens is 2. The number of carbonyl (C=O) groups is 1. The van der Waals surface area contributed by atoms with Gasteiger partial charge in [-0.1, -0.05) is 13.8 Å². The lowest BCUT2D eigenvalue weighted by atomic mass is 10.0. The minimum atomic E-state index is -0.205. The number of amides is 1. The minimum Gasteiger partial charge on any atom is -0.394 e. The van der Waals surface area contributed by atoms with Crippen molar-refractivity contribution in [2.75, 3.05) is 6.61 Å². The summed E-state index contributed by atoms with van der Waals surface area (Å²) in [7, 11) is 0. The van der Waals surface area contributed by atoms with Crippen molar-refractivity contribution < 1.29 is 9.90 Å². The number of pyridine rings is 1. The molecule has 1 atom stereocenters. The van der Waals surface area contributed by atoms with E-state index >= 15 is 0 Å². The Morgan fingerprint density at radius 2 is 2.26 bits per heavy atom. The fourth-order valence-electron chi connectivity index (χ4n) is 2.07. The number of aliphatic hydroxyl groups is 1. The van der Waals surface area contributed by atoms with Crippen LogP contribution in [0.5, 0.6) is 0 Å². The van der Waals surface area contributed by atoms with Gasteiger partial charge in [-0.05, 0) is 24.5 Å². The maximum Gasteiger partial charge on any atom is 0.251 e. The van der Waals surface area contributed by atoms with Gasteiger partial charge in [0, 0.05) is 24.2 Å². The Bertz CT molecular complexity index is 563. The maximum absolute atomic E-state index is 12.1. The lowest BCUT2D eigenvalue weighted by Crippen LogP contribution is -2.38. The molecule has 0 aliphatic rings. The number of hydrogen-bond acceptors (Lipinski definition) is 3. The zero-order chi connectivity index (χ0) is 13.8. The van der Waals surface area contributed by atoms with Gasteiger partial charge in [-0.15, -0.1) is 0 Å². The molecule has 1 amide bonds. The molecular weight excluding hydrogens is 242 g/mol. The smallest absolute Gasteiger partial charge is 0.251 e. The fourth-order valence-corrected chi connectivity index (χ4v) is 2.07. The quantitative estimate of drug-likeness (QED) is 0.856. The molecule has 0 spiro atoms. The van der Waals surface area contributed by atoms with Crippen LogP contribution in [0.3, 0.4) is 0 Å². The van der Waals surface area contributed by atoms with Crippen molar-refractivity contribution in [2.45, 2.75) is 26.3 Å². The van der Waals surface area contributed by atoms with E-state index in [9.17, 15) is 9.90 Å². The molecule has 0 aliphatic heterocycles. The number of nitrogens with zero attached hydrogens (tertiary/aromatic N) is 2. The summed E-state index contributed by atoms with van der Waals surface area (Å²) in [4.78, 5) is 16.2. The zero-order valence-electron chi connectivity index (χ0n) is 11.2. The third-order valence-electron chi connectivity index (χ3n) is 2.97. The highest BCUT2D eigenvalue weighted by Gasteiger charge is 2.14. The van der Waals surface area contributed by atoms with Gasteiger partial charge in [0.05, 0.1) is 12.6 Å². The molecule has 1 unspecified atom stereocenters. The first-order valence-corrected chi connectivity index (χ1v) is 6.44. The van der Waals surface area contributed by atoms with Gasteiger partial charge < -0.3 is 14.8 Å². The van der Waals surface area contributed by atoms with Gasteiger partial charge in [-0.2, -0.15) is 0 Å². The third-order valence-corrected chi connectivity index (χ3v) is 2.97. The highest BCUT2D eigenvalue weighted by molar-refractivity contribution is 5.95. The largest absolute Gasteiger partial charge is 0.394 e. The van der Waals surface area contributed by atoms with Crippen LogP contribution >= 0.6 is 0 Å². The van der Waals surface area contributed by atoms with Crippen LogP contribution in [0.4, 0.5) is 0 Å². The van der Waals surface area contributed by atoms with Crippen LogP contribution in [0.2, 0.25) is 0 Å². The Morgan fingerprint density at radius 1 is 1.47 bits per heavy atom. The third kappa shape index (κ3) is 3.32. The Morgan fingerprint density at radius 3 is 2.95 bits per heavy atom. The SMILES string of the molecule is CC(C)CC(CO)NC(=O)c1ccn2ccnc2c1. The first-order chi connectivity index (χ1) is 9.10. The van der Waals surface area contributed by atoms with Gasteiger partial charge in [-0.25, -0.2) is 4.98 Å². The molecule has 2 aromatic heterocycles. The normalized spacial score (nSPS) is 12.8. The van der Waals surface area contributed by atoms with Crippen LogP contribution in [0.25, 0.3) is 5.65 Å². The second-order valence-electron chi connectivity index (χ2n) is 5.09. The Hall–Kier alpha value is -1.88. The van der Waals surface area contributed by atoms with Gasteiger partial charge in [-0.3, -0.25) is 4.79 Å². The Balaban J connectivity index is 2.09. The fraction of sp³-hybridized carbons (Fsp3) is 0.429. The molecule has 2 heterocycles. The summed E-state index contributed by atoms with van der Waals surface area (Å²) in [5.74, 6) is 0.248. The summed E-state index contributed by atoms with van der Waals surface area (Å²) >= 11 is 0. The molecule has 0 aliphatic carbocycles.